The standard InChI is InChI=1S/C21H29N3O4/c1-15(2)24-14-16(13-19(24)25)20(26)22-9-6-10-23(12-11-22)21(27)17-7-4-5-8-18(17)28-3/h4-5,7-8,15-16H,6,9-14H2,1-3H3. The highest BCUT2D eigenvalue weighted by atomic mass is 16.5. The summed E-state index contributed by atoms with van der Waals surface area (Å²) in [5, 5.41) is 0. The molecule has 2 fully saturated rings. The predicted octanol–water partition coefficient (Wildman–Crippen LogP) is 1.63. The Balaban J connectivity index is 1.63. The van der Waals surface area contributed by atoms with Gasteiger partial charge in [0.25, 0.3) is 5.91 Å². The fraction of sp³-hybridized carbons (Fsp3) is 0.571. The van der Waals surface area contributed by atoms with Gasteiger partial charge in [0.2, 0.25) is 11.8 Å². The topological polar surface area (TPSA) is 70.2 Å². The van der Waals surface area contributed by atoms with Crippen molar-refractivity contribution in [3.05, 3.63) is 29.8 Å². The molecule has 7 heteroatoms. The largest absolute Gasteiger partial charge is 0.496 e. The zero-order valence-electron chi connectivity index (χ0n) is 16.9. The van der Waals surface area contributed by atoms with Crippen LogP contribution in [-0.2, 0) is 9.59 Å². The molecule has 2 aliphatic rings. The maximum atomic E-state index is 12.9. The molecule has 0 aromatic heterocycles. The second-order valence-electron chi connectivity index (χ2n) is 7.71. The number of nitrogens with zero attached hydrogens (tertiary/aromatic N) is 3. The lowest BCUT2D eigenvalue weighted by molar-refractivity contribution is -0.135. The minimum atomic E-state index is -0.272. The third-order valence-electron chi connectivity index (χ3n) is 5.56. The van der Waals surface area contributed by atoms with Crippen LogP contribution in [0.2, 0.25) is 0 Å². The molecule has 0 radical (unpaired) electrons. The molecule has 2 aliphatic heterocycles. The van der Waals surface area contributed by atoms with Crippen LogP contribution < -0.4 is 4.74 Å². The van der Waals surface area contributed by atoms with Crippen molar-refractivity contribution in [2.45, 2.75) is 32.7 Å². The van der Waals surface area contributed by atoms with E-state index in [0.717, 1.165) is 6.42 Å². The lowest BCUT2D eigenvalue weighted by atomic mass is 10.1. The van der Waals surface area contributed by atoms with Gasteiger partial charge in [0.15, 0.2) is 0 Å². The summed E-state index contributed by atoms with van der Waals surface area (Å²) < 4.78 is 5.31. The van der Waals surface area contributed by atoms with Crippen molar-refractivity contribution in [3.63, 3.8) is 0 Å². The van der Waals surface area contributed by atoms with Gasteiger partial charge in [0.1, 0.15) is 5.75 Å². The van der Waals surface area contributed by atoms with E-state index >= 15 is 0 Å². The predicted molar refractivity (Wildman–Crippen MR) is 105 cm³/mol. The van der Waals surface area contributed by atoms with E-state index in [4.69, 9.17) is 4.74 Å². The number of carbonyl (C=O) groups excluding carboxylic acids is 3. The molecule has 1 aromatic rings. The molecule has 1 unspecified atom stereocenters. The van der Waals surface area contributed by atoms with Crippen molar-refractivity contribution in [1.29, 1.82) is 0 Å². The van der Waals surface area contributed by atoms with E-state index < -0.39 is 0 Å². The van der Waals surface area contributed by atoms with Gasteiger partial charge >= 0.3 is 0 Å². The number of carbonyl (C=O) groups is 3. The number of likely N-dealkylation sites (tertiary alicyclic amines) is 1. The first-order valence-electron chi connectivity index (χ1n) is 9.93. The first kappa shape index (κ1) is 20.2. The van der Waals surface area contributed by atoms with Crippen LogP contribution in [0.5, 0.6) is 5.75 Å². The number of benzene rings is 1. The number of hydrogen-bond donors (Lipinski definition) is 0. The van der Waals surface area contributed by atoms with Gasteiger partial charge in [-0.3, -0.25) is 14.4 Å². The quantitative estimate of drug-likeness (QED) is 0.787. The number of methoxy groups -OCH3 is 1. The fourth-order valence-corrected chi connectivity index (χ4v) is 3.99. The maximum Gasteiger partial charge on any atom is 0.257 e. The Hall–Kier alpha value is -2.57. The molecule has 3 amide bonds. The summed E-state index contributed by atoms with van der Waals surface area (Å²) >= 11 is 0. The SMILES string of the molecule is COc1ccccc1C(=O)N1CCCN(C(=O)C2CC(=O)N(C(C)C)C2)CC1. The van der Waals surface area contributed by atoms with Gasteiger partial charge in [0.05, 0.1) is 18.6 Å². The van der Waals surface area contributed by atoms with Gasteiger partial charge in [-0.2, -0.15) is 0 Å². The highest BCUT2D eigenvalue weighted by Crippen LogP contribution is 2.24. The van der Waals surface area contributed by atoms with E-state index in [1.165, 1.54) is 0 Å². The van der Waals surface area contributed by atoms with Crippen molar-refractivity contribution in [3.8, 4) is 5.75 Å². The van der Waals surface area contributed by atoms with Gasteiger partial charge in [-0.25, -0.2) is 0 Å². The Bertz CT molecular complexity index is 749. The molecule has 1 atom stereocenters. The first-order valence-corrected chi connectivity index (χ1v) is 9.93. The molecule has 0 N–H and O–H groups in total. The Labute approximate surface area is 166 Å². The van der Waals surface area contributed by atoms with Crippen LogP contribution in [0, 0.1) is 5.92 Å². The summed E-state index contributed by atoms with van der Waals surface area (Å²) in [5.41, 5.74) is 0.541. The zero-order valence-corrected chi connectivity index (χ0v) is 16.9. The summed E-state index contributed by atoms with van der Waals surface area (Å²) in [4.78, 5) is 43.4. The Morgan fingerprint density at radius 3 is 2.43 bits per heavy atom. The fourth-order valence-electron chi connectivity index (χ4n) is 3.99. The molecule has 3 rings (SSSR count). The van der Waals surface area contributed by atoms with Gasteiger partial charge in [-0.15, -0.1) is 0 Å². The van der Waals surface area contributed by atoms with Gasteiger partial charge in [-0.1, -0.05) is 12.1 Å². The molecule has 7 nitrogen and oxygen atoms in total. The van der Waals surface area contributed by atoms with Crippen molar-refractivity contribution in [2.24, 2.45) is 5.92 Å². The van der Waals surface area contributed by atoms with E-state index in [1.807, 2.05) is 30.9 Å². The molecule has 2 saturated heterocycles. The number of hydrogen-bond acceptors (Lipinski definition) is 4. The van der Waals surface area contributed by atoms with Crippen molar-refractivity contribution >= 4 is 17.7 Å². The Morgan fingerprint density at radius 2 is 1.75 bits per heavy atom. The molecule has 0 saturated carbocycles. The van der Waals surface area contributed by atoms with Crippen LogP contribution in [0.3, 0.4) is 0 Å². The molecule has 152 valence electrons. The Kier molecular flexibility index (Phi) is 6.21. The third-order valence-corrected chi connectivity index (χ3v) is 5.56. The lowest BCUT2D eigenvalue weighted by Gasteiger charge is -2.25. The van der Waals surface area contributed by atoms with Crippen molar-refractivity contribution in [1.82, 2.24) is 14.7 Å². The van der Waals surface area contributed by atoms with Crippen LogP contribution in [-0.4, -0.2) is 78.3 Å². The molecular weight excluding hydrogens is 358 g/mol. The average Bonchev–Trinajstić information content (AvgIpc) is 2.93. The summed E-state index contributed by atoms with van der Waals surface area (Å²) in [6, 6.07) is 7.31. The number of para-hydroxylation sites is 1. The Morgan fingerprint density at radius 1 is 1.07 bits per heavy atom. The molecule has 2 heterocycles. The van der Waals surface area contributed by atoms with E-state index in [2.05, 4.69) is 0 Å². The zero-order chi connectivity index (χ0) is 20.3. The number of amides is 3. The van der Waals surface area contributed by atoms with E-state index in [9.17, 15) is 14.4 Å². The highest BCUT2D eigenvalue weighted by molar-refractivity contribution is 5.97. The van der Waals surface area contributed by atoms with E-state index in [1.54, 1.807) is 29.0 Å². The summed E-state index contributed by atoms with van der Waals surface area (Å²) in [5.74, 6) is 0.294. The molecule has 0 aliphatic carbocycles. The molecular formula is C21H29N3O4. The van der Waals surface area contributed by atoms with Crippen molar-refractivity contribution in [2.75, 3.05) is 39.8 Å². The highest BCUT2D eigenvalue weighted by Gasteiger charge is 2.38. The normalized spacial score (nSPS) is 20.5. The van der Waals surface area contributed by atoms with Crippen LogP contribution in [0.1, 0.15) is 37.0 Å². The van der Waals surface area contributed by atoms with Gasteiger partial charge in [0, 0.05) is 45.2 Å². The molecule has 0 bridgehead atoms. The van der Waals surface area contributed by atoms with Crippen LogP contribution in [0.4, 0.5) is 0 Å². The molecule has 28 heavy (non-hydrogen) atoms. The number of ether oxygens (including phenoxy) is 1. The summed E-state index contributed by atoms with van der Waals surface area (Å²) in [6.07, 6.45) is 1.01. The van der Waals surface area contributed by atoms with Gasteiger partial charge in [-0.05, 0) is 32.4 Å². The summed E-state index contributed by atoms with van der Waals surface area (Å²) in [6.45, 7) is 6.62. The van der Waals surface area contributed by atoms with Crippen LogP contribution in [0.25, 0.3) is 0 Å². The van der Waals surface area contributed by atoms with E-state index in [0.29, 0.717) is 44.0 Å². The van der Waals surface area contributed by atoms with Gasteiger partial charge < -0.3 is 19.4 Å². The van der Waals surface area contributed by atoms with Crippen LogP contribution in [0.15, 0.2) is 24.3 Å². The maximum absolute atomic E-state index is 12.9. The molecule has 1 aromatic carbocycles. The minimum absolute atomic E-state index is 0.0306. The summed E-state index contributed by atoms with van der Waals surface area (Å²) in [7, 11) is 1.55. The third kappa shape index (κ3) is 4.13. The number of rotatable bonds is 4. The van der Waals surface area contributed by atoms with Crippen molar-refractivity contribution < 1.29 is 19.1 Å². The average molecular weight is 387 g/mol. The van der Waals surface area contributed by atoms with Crippen LogP contribution >= 0.6 is 0 Å². The van der Waals surface area contributed by atoms with E-state index in [-0.39, 0.29) is 36.1 Å². The second kappa shape index (κ2) is 8.63. The smallest absolute Gasteiger partial charge is 0.257 e. The monoisotopic (exact) mass is 387 g/mol. The second-order valence-corrected chi connectivity index (χ2v) is 7.71. The first-order chi connectivity index (χ1) is 13.4. The minimum Gasteiger partial charge on any atom is -0.496 e. The lowest BCUT2D eigenvalue weighted by Crippen LogP contribution is -2.41. The molecule has 0 spiro atoms.